The van der Waals surface area contributed by atoms with Gasteiger partial charge in [0.05, 0.1) is 11.2 Å². The van der Waals surface area contributed by atoms with Gasteiger partial charge in [-0.1, -0.05) is 157 Å². The van der Waals surface area contributed by atoms with Crippen LogP contribution in [0, 0.1) is 0 Å². The number of aromatic nitrogens is 2. The lowest BCUT2D eigenvalue weighted by Crippen LogP contribution is -2.31. The van der Waals surface area contributed by atoms with Crippen LogP contribution in [0.3, 0.4) is 0 Å². The first kappa shape index (κ1) is 34.9. The molecule has 2 atom stereocenters. The molecule has 1 N–H and O–H groups in total. The standard InChI is InChI=1S/C35H47N3O5S2/c1-2-3-4-5-6-7-8-9-10-11-12-13-14-18-25-32(45(40,41)42)33-36-29-24-20-19-23-28(29)34(37-33)44-31-26-30(38-43-35(31)39)27-21-16-15-17-22-27/h15-17,19-24,26,31-32,38H,2-14,18,25H2,1H3,(H,40,41,42)/p-1. The molecule has 10 heteroatoms. The Morgan fingerprint density at radius 1 is 0.822 bits per heavy atom. The van der Waals surface area contributed by atoms with Crippen molar-refractivity contribution < 1.29 is 22.6 Å². The van der Waals surface area contributed by atoms with Crippen LogP contribution in [-0.4, -0.2) is 34.2 Å². The normalized spacial score (nSPS) is 15.8. The Kier molecular flexibility index (Phi) is 14.2. The molecule has 244 valence electrons. The number of para-hydroxylation sites is 1. The number of hydroxylamine groups is 1. The Balaban J connectivity index is 1.35. The van der Waals surface area contributed by atoms with Gasteiger partial charge in [-0.25, -0.2) is 28.7 Å². The van der Waals surface area contributed by atoms with Gasteiger partial charge in [0, 0.05) is 10.9 Å². The average molecular weight is 653 g/mol. The minimum atomic E-state index is -4.71. The highest BCUT2D eigenvalue weighted by atomic mass is 32.2. The summed E-state index contributed by atoms with van der Waals surface area (Å²) in [5, 5.41) is -0.988. The summed E-state index contributed by atoms with van der Waals surface area (Å²) >= 11 is 1.15. The Labute approximate surface area is 272 Å². The van der Waals surface area contributed by atoms with E-state index in [-0.39, 0.29) is 12.2 Å². The van der Waals surface area contributed by atoms with Gasteiger partial charge in [-0.15, -0.1) is 0 Å². The van der Waals surface area contributed by atoms with E-state index in [1.165, 1.54) is 64.2 Å². The third-order valence-corrected chi connectivity index (χ3v) is 10.4. The number of nitrogens with zero attached hydrogens (tertiary/aromatic N) is 2. The van der Waals surface area contributed by atoms with E-state index in [9.17, 15) is 17.8 Å². The van der Waals surface area contributed by atoms with Crippen LogP contribution in [0.25, 0.3) is 16.6 Å². The van der Waals surface area contributed by atoms with Gasteiger partial charge in [0.25, 0.3) is 0 Å². The predicted molar refractivity (Wildman–Crippen MR) is 180 cm³/mol. The van der Waals surface area contributed by atoms with Crippen LogP contribution in [0.15, 0.2) is 65.7 Å². The Morgan fingerprint density at radius 3 is 2.02 bits per heavy atom. The van der Waals surface area contributed by atoms with Crippen LogP contribution >= 0.6 is 11.8 Å². The van der Waals surface area contributed by atoms with Crippen molar-refractivity contribution in [2.24, 2.45) is 0 Å². The molecule has 2 aromatic carbocycles. The highest BCUT2D eigenvalue weighted by molar-refractivity contribution is 8.00. The van der Waals surface area contributed by atoms with Crippen molar-refractivity contribution in [2.75, 3.05) is 0 Å². The summed E-state index contributed by atoms with van der Waals surface area (Å²) in [4.78, 5) is 27.1. The SMILES string of the molecule is CCCCCCCCCCCCCCCCC(c1nc(SC2C=C(c3ccccc3)NOC2=O)c2ccccc2n1)S(=O)(=O)[O-]. The van der Waals surface area contributed by atoms with Gasteiger partial charge >= 0.3 is 5.97 Å². The van der Waals surface area contributed by atoms with E-state index in [1.807, 2.05) is 42.5 Å². The van der Waals surface area contributed by atoms with Gasteiger partial charge in [-0.05, 0) is 18.6 Å². The average Bonchev–Trinajstić information content (AvgIpc) is 3.03. The number of rotatable bonds is 20. The first-order valence-electron chi connectivity index (χ1n) is 16.5. The number of nitrogens with one attached hydrogen (secondary N) is 1. The highest BCUT2D eigenvalue weighted by Crippen LogP contribution is 2.35. The van der Waals surface area contributed by atoms with Gasteiger partial charge in [-0.3, -0.25) is 0 Å². The molecule has 0 aliphatic carbocycles. The lowest BCUT2D eigenvalue weighted by Gasteiger charge is -2.23. The molecule has 0 saturated heterocycles. The summed E-state index contributed by atoms with van der Waals surface area (Å²) in [6.45, 7) is 2.25. The van der Waals surface area contributed by atoms with Crippen molar-refractivity contribution in [3.8, 4) is 0 Å². The molecule has 0 spiro atoms. The van der Waals surface area contributed by atoms with E-state index in [2.05, 4.69) is 22.4 Å². The number of carbonyl (C=O) groups is 1. The van der Waals surface area contributed by atoms with E-state index in [4.69, 9.17) is 4.84 Å². The third kappa shape index (κ3) is 11.1. The van der Waals surface area contributed by atoms with Crippen molar-refractivity contribution in [3.05, 3.63) is 72.1 Å². The summed E-state index contributed by atoms with van der Waals surface area (Å²) in [5.41, 5.74) is 4.71. The van der Waals surface area contributed by atoms with Crippen LogP contribution in [0.4, 0.5) is 0 Å². The zero-order valence-electron chi connectivity index (χ0n) is 26.3. The van der Waals surface area contributed by atoms with Crippen LogP contribution < -0.4 is 5.48 Å². The number of thioether (sulfide) groups is 1. The molecule has 3 aromatic rings. The second-order valence-corrected chi connectivity index (χ2v) is 14.5. The van der Waals surface area contributed by atoms with Crippen molar-refractivity contribution >= 4 is 44.4 Å². The van der Waals surface area contributed by atoms with Crippen LogP contribution in [-0.2, 0) is 19.8 Å². The van der Waals surface area contributed by atoms with Crippen molar-refractivity contribution in [1.82, 2.24) is 15.4 Å². The van der Waals surface area contributed by atoms with E-state index >= 15 is 0 Å². The third-order valence-electron chi connectivity index (χ3n) is 8.18. The zero-order chi connectivity index (χ0) is 31.9. The maximum Gasteiger partial charge on any atom is 0.349 e. The highest BCUT2D eigenvalue weighted by Gasteiger charge is 2.29. The molecule has 0 bridgehead atoms. The fraction of sp³-hybridized carbons (Fsp3) is 0.514. The molecule has 1 aliphatic rings. The minimum Gasteiger partial charge on any atom is -0.747 e. The molecular weight excluding hydrogens is 607 g/mol. The molecule has 0 amide bonds. The number of fused-ring (bicyclic) bond motifs is 1. The molecule has 0 radical (unpaired) electrons. The predicted octanol–water partition coefficient (Wildman–Crippen LogP) is 8.65. The Morgan fingerprint density at radius 2 is 1.40 bits per heavy atom. The minimum absolute atomic E-state index is 0.0181. The fourth-order valence-electron chi connectivity index (χ4n) is 5.62. The number of carbonyl (C=O) groups excluding carboxylic acids is 1. The van der Waals surface area contributed by atoms with Gasteiger partial charge in [0.15, 0.2) is 0 Å². The summed E-state index contributed by atoms with van der Waals surface area (Å²) < 4.78 is 37.4. The van der Waals surface area contributed by atoms with Crippen LogP contribution in [0.2, 0.25) is 0 Å². The maximum absolute atomic E-state index is 12.7. The van der Waals surface area contributed by atoms with E-state index < -0.39 is 26.6 Å². The Hall–Kier alpha value is -2.95. The summed E-state index contributed by atoms with van der Waals surface area (Å²) in [6, 6.07) is 16.7. The number of benzene rings is 2. The van der Waals surface area contributed by atoms with Crippen molar-refractivity contribution in [2.45, 2.75) is 119 Å². The number of unbranched alkanes of at least 4 members (excludes halogenated alkanes) is 13. The van der Waals surface area contributed by atoms with Gasteiger partial charge < -0.3 is 9.39 Å². The summed E-state index contributed by atoms with van der Waals surface area (Å²) in [7, 11) is -4.71. The van der Waals surface area contributed by atoms with E-state index in [0.29, 0.717) is 28.0 Å². The molecule has 0 fully saturated rings. The number of hydrogen-bond acceptors (Lipinski definition) is 9. The maximum atomic E-state index is 12.7. The largest absolute Gasteiger partial charge is 0.747 e. The molecule has 0 saturated carbocycles. The van der Waals surface area contributed by atoms with Crippen LogP contribution in [0.5, 0.6) is 0 Å². The number of hydrogen-bond donors (Lipinski definition) is 1. The smallest absolute Gasteiger partial charge is 0.349 e. The first-order chi connectivity index (χ1) is 21.9. The molecule has 45 heavy (non-hydrogen) atoms. The Bertz CT molecular complexity index is 1500. The lowest BCUT2D eigenvalue weighted by molar-refractivity contribution is -0.147. The quantitative estimate of drug-likeness (QED) is 0.0726. The zero-order valence-corrected chi connectivity index (χ0v) is 27.9. The van der Waals surface area contributed by atoms with Crippen LogP contribution in [0.1, 0.15) is 120 Å². The molecule has 4 rings (SSSR count). The molecular formula is C35H46N3O5S2-. The van der Waals surface area contributed by atoms with Gasteiger partial charge in [0.2, 0.25) is 0 Å². The van der Waals surface area contributed by atoms with Gasteiger partial charge in [0.1, 0.15) is 31.5 Å². The van der Waals surface area contributed by atoms with E-state index in [1.54, 1.807) is 18.2 Å². The molecule has 8 nitrogen and oxygen atoms in total. The molecule has 2 heterocycles. The monoisotopic (exact) mass is 652 g/mol. The molecule has 2 unspecified atom stereocenters. The lowest BCUT2D eigenvalue weighted by atomic mass is 10.0. The first-order valence-corrected chi connectivity index (χ1v) is 18.8. The fourth-order valence-corrected chi connectivity index (χ4v) is 7.47. The molecule has 1 aromatic heterocycles. The van der Waals surface area contributed by atoms with Gasteiger partial charge in [-0.2, -0.15) is 0 Å². The second kappa shape index (κ2) is 18.3. The summed E-state index contributed by atoms with van der Waals surface area (Å²) in [5.74, 6) is -0.519. The summed E-state index contributed by atoms with van der Waals surface area (Å²) in [6.07, 6.45) is 18.6. The van der Waals surface area contributed by atoms with Crippen molar-refractivity contribution in [1.29, 1.82) is 0 Å². The van der Waals surface area contributed by atoms with E-state index in [0.717, 1.165) is 36.6 Å². The van der Waals surface area contributed by atoms with Crippen molar-refractivity contribution in [3.63, 3.8) is 0 Å². The topological polar surface area (TPSA) is 121 Å². The second-order valence-electron chi connectivity index (χ2n) is 11.8. The molecule has 1 aliphatic heterocycles.